The first-order valence-electron chi connectivity index (χ1n) is 7.39. The minimum atomic E-state index is 0. The van der Waals surface area contributed by atoms with Crippen molar-refractivity contribution in [3.8, 4) is 0 Å². The number of likely N-dealkylation sites (tertiary alicyclic amines) is 1. The Morgan fingerprint density at radius 2 is 2.14 bits per heavy atom. The van der Waals surface area contributed by atoms with E-state index in [0.29, 0.717) is 11.8 Å². The summed E-state index contributed by atoms with van der Waals surface area (Å²) in [6, 6.07) is 10.2. The number of hydrogen-bond acceptors (Lipinski definition) is 3. The first-order valence-corrected chi connectivity index (χ1v) is 8.27. The maximum absolute atomic E-state index is 12.6. The van der Waals surface area contributed by atoms with Gasteiger partial charge in [-0.25, -0.2) is 0 Å². The van der Waals surface area contributed by atoms with E-state index in [9.17, 15) is 4.79 Å². The van der Waals surface area contributed by atoms with Gasteiger partial charge in [-0.05, 0) is 44.5 Å². The van der Waals surface area contributed by atoms with Crippen LogP contribution < -0.4 is 5.32 Å². The second kappa shape index (κ2) is 9.34. The van der Waals surface area contributed by atoms with E-state index in [1.807, 2.05) is 30.1 Å². The van der Waals surface area contributed by atoms with Gasteiger partial charge in [0.25, 0.3) is 0 Å². The van der Waals surface area contributed by atoms with Crippen LogP contribution in [0.1, 0.15) is 19.8 Å². The van der Waals surface area contributed by atoms with Gasteiger partial charge >= 0.3 is 0 Å². The van der Waals surface area contributed by atoms with Crippen LogP contribution >= 0.6 is 24.2 Å². The molecular formula is C16H25ClN2OS. The Balaban J connectivity index is 0.00000220. The molecule has 0 aliphatic carbocycles. The van der Waals surface area contributed by atoms with E-state index < -0.39 is 0 Å². The highest BCUT2D eigenvalue weighted by atomic mass is 35.5. The molecule has 1 aliphatic rings. The molecule has 0 radical (unpaired) electrons. The van der Waals surface area contributed by atoms with Gasteiger partial charge in [0.05, 0.1) is 5.25 Å². The van der Waals surface area contributed by atoms with Crippen LogP contribution in [0, 0.1) is 5.92 Å². The topological polar surface area (TPSA) is 32.3 Å². The molecule has 1 aromatic rings. The Labute approximate surface area is 138 Å². The van der Waals surface area contributed by atoms with Gasteiger partial charge < -0.3 is 10.2 Å². The number of thioether (sulfide) groups is 1. The normalized spacial score (nSPS) is 19.1. The second-order valence-electron chi connectivity index (χ2n) is 5.32. The van der Waals surface area contributed by atoms with Gasteiger partial charge in [0.2, 0.25) is 5.91 Å². The number of carbonyl (C=O) groups excluding carboxylic acids is 1. The number of nitrogens with one attached hydrogen (secondary N) is 1. The number of amides is 1. The molecule has 0 spiro atoms. The quantitative estimate of drug-likeness (QED) is 0.815. The van der Waals surface area contributed by atoms with Gasteiger partial charge in [0.1, 0.15) is 0 Å². The Hall–Kier alpha value is -0.710. The maximum Gasteiger partial charge on any atom is 0.236 e. The fourth-order valence-corrected chi connectivity index (χ4v) is 3.72. The summed E-state index contributed by atoms with van der Waals surface area (Å²) in [5, 5.41) is 3.26. The van der Waals surface area contributed by atoms with Crippen molar-refractivity contribution in [1.29, 1.82) is 0 Å². The zero-order chi connectivity index (χ0) is 14.4. The molecule has 3 nitrogen and oxygen atoms in total. The second-order valence-corrected chi connectivity index (χ2v) is 6.60. The number of hydrogen-bond donors (Lipinski definition) is 1. The van der Waals surface area contributed by atoms with Gasteiger partial charge in [-0.3, -0.25) is 4.79 Å². The van der Waals surface area contributed by atoms with E-state index >= 15 is 0 Å². The molecule has 1 heterocycles. The average Bonchev–Trinajstić information content (AvgIpc) is 2.94. The van der Waals surface area contributed by atoms with Crippen LogP contribution in [0.15, 0.2) is 35.2 Å². The summed E-state index contributed by atoms with van der Waals surface area (Å²) in [6.45, 7) is 4.93. The molecule has 2 rings (SSSR count). The van der Waals surface area contributed by atoms with Crippen LogP contribution in [-0.4, -0.2) is 42.7 Å². The molecule has 2 atom stereocenters. The van der Waals surface area contributed by atoms with Crippen LogP contribution in [0.25, 0.3) is 0 Å². The lowest BCUT2D eigenvalue weighted by Crippen LogP contribution is -2.36. The van der Waals surface area contributed by atoms with Crippen molar-refractivity contribution >= 4 is 30.1 Å². The first kappa shape index (κ1) is 18.3. The van der Waals surface area contributed by atoms with E-state index in [1.54, 1.807) is 11.8 Å². The van der Waals surface area contributed by atoms with Crippen molar-refractivity contribution in [3.63, 3.8) is 0 Å². The van der Waals surface area contributed by atoms with Gasteiger partial charge in [-0.2, -0.15) is 0 Å². The summed E-state index contributed by atoms with van der Waals surface area (Å²) in [5.74, 6) is 0.920. The molecule has 1 fully saturated rings. The Bertz CT molecular complexity index is 430. The van der Waals surface area contributed by atoms with Crippen LogP contribution in [0.5, 0.6) is 0 Å². The number of halogens is 1. The molecule has 0 saturated carbocycles. The van der Waals surface area contributed by atoms with Crippen LogP contribution in [0.4, 0.5) is 0 Å². The highest BCUT2D eigenvalue weighted by molar-refractivity contribution is 8.00. The van der Waals surface area contributed by atoms with Crippen molar-refractivity contribution in [2.45, 2.75) is 29.9 Å². The smallest absolute Gasteiger partial charge is 0.236 e. The highest BCUT2D eigenvalue weighted by Crippen LogP contribution is 2.28. The zero-order valence-corrected chi connectivity index (χ0v) is 14.4. The van der Waals surface area contributed by atoms with Crippen molar-refractivity contribution in [2.24, 2.45) is 5.92 Å². The summed E-state index contributed by atoms with van der Waals surface area (Å²) < 4.78 is 0. The van der Waals surface area contributed by atoms with Crippen LogP contribution in [0.3, 0.4) is 0 Å². The number of rotatable bonds is 6. The predicted molar refractivity (Wildman–Crippen MR) is 92.2 cm³/mol. The monoisotopic (exact) mass is 328 g/mol. The molecular weight excluding hydrogens is 304 g/mol. The molecule has 1 saturated heterocycles. The lowest BCUT2D eigenvalue weighted by atomic mass is 10.1. The average molecular weight is 329 g/mol. The molecule has 1 aliphatic heterocycles. The Morgan fingerprint density at radius 3 is 2.76 bits per heavy atom. The number of nitrogens with zero attached hydrogens (tertiary/aromatic N) is 1. The zero-order valence-electron chi connectivity index (χ0n) is 12.7. The van der Waals surface area contributed by atoms with E-state index in [1.165, 1.54) is 4.90 Å². The lowest BCUT2D eigenvalue weighted by Gasteiger charge is -2.22. The van der Waals surface area contributed by atoms with E-state index in [-0.39, 0.29) is 17.7 Å². The van der Waals surface area contributed by atoms with Crippen molar-refractivity contribution < 1.29 is 4.79 Å². The highest BCUT2D eigenvalue weighted by Gasteiger charge is 2.30. The first-order chi connectivity index (χ1) is 9.74. The molecule has 2 unspecified atom stereocenters. The van der Waals surface area contributed by atoms with E-state index in [4.69, 9.17) is 0 Å². The fourth-order valence-electron chi connectivity index (χ4n) is 2.66. The molecule has 1 aromatic carbocycles. The Kier molecular flexibility index (Phi) is 8.15. The minimum absolute atomic E-state index is 0. The predicted octanol–water partition coefficient (Wildman–Crippen LogP) is 3.05. The summed E-state index contributed by atoms with van der Waals surface area (Å²) in [7, 11) is 1.98. The minimum Gasteiger partial charge on any atom is -0.341 e. The third-order valence-corrected chi connectivity index (χ3v) is 5.12. The number of carbonyl (C=O) groups is 1. The maximum atomic E-state index is 12.6. The fraction of sp³-hybridized carbons (Fsp3) is 0.562. The molecule has 5 heteroatoms. The molecule has 1 N–H and O–H groups in total. The molecule has 0 aromatic heterocycles. The standard InChI is InChI=1S/C16H24N2OS.ClH/c1-3-15(20-14-7-5-4-6-8-14)16(19)18-10-9-13(12-18)11-17-2;/h4-8,13,15,17H,3,9-12H2,1-2H3;1H. The van der Waals surface area contributed by atoms with Crippen molar-refractivity contribution in [1.82, 2.24) is 10.2 Å². The molecule has 0 bridgehead atoms. The summed E-state index contributed by atoms with van der Waals surface area (Å²) in [6.07, 6.45) is 2.00. The molecule has 118 valence electrons. The van der Waals surface area contributed by atoms with Gasteiger partial charge in [0.15, 0.2) is 0 Å². The van der Waals surface area contributed by atoms with Crippen LogP contribution in [-0.2, 0) is 4.79 Å². The van der Waals surface area contributed by atoms with Gasteiger partial charge in [-0.15, -0.1) is 24.2 Å². The molecule has 21 heavy (non-hydrogen) atoms. The third-order valence-electron chi connectivity index (χ3n) is 3.76. The van der Waals surface area contributed by atoms with E-state index in [0.717, 1.165) is 32.5 Å². The van der Waals surface area contributed by atoms with Gasteiger partial charge in [-0.1, -0.05) is 25.1 Å². The van der Waals surface area contributed by atoms with Crippen molar-refractivity contribution in [2.75, 3.05) is 26.7 Å². The van der Waals surface area contributed by atoms with E-state index in [2.05, 4.69) is 24.4 Å². The molecule has 1 amide bonds. The Morgan fingerprint density at radius 1 is 1.43 bits per heavy atom. The summed E-state index contributed by atoms with van der Waals surface area (Å²) >= 11 is 1.69. The number of benzene rings is 1. The lowest BCUT2D eigenvalue weighted by molar-refractivity contribution is -0.129. The largest absolute Gasteiger partial charge is 0.341 e. The third kappa shape index (κ3) is 5.20. The summed E-state index contributed by atoms with van der Waals surface area (Å²) in [5.41, 5.74) is 0. The van der Waals surface area contributed by atoms with Gasteiger partial charge in [0, 0.05) is 18.0 Å². The summed E-state index contributed by atoms with van der Waals surface area (Å²) in [4.78, 5) is 15.8. The van der Waals surface area contributed by atoms with Crippen LogP contribution in [0.2, 0.25) is 0 Å². The SMILES string of the molecule is CCC(Sc1ccccc1)C(=O)N1CCC(CNC)C1.Cl. The van der Waals surface area contributed by atoms with Crippen molar-refractivity contribution in [3.05, 3.63) is 30.3 Å².